The van der Waals surface area contributed by atoms with Crippen molar-refractivity contribution in [1.82, 2.24) is 15.2 Å². The Labute approximate surface area is 154 Å². The fraction of sp³-hybridized carbons (Fsp3) is 0.0588. The van der Waals surface area contributed by atoms with E-state index in [1.165, 1.54) is 13.1 Å². The van der Waals surface area contributed by atoms with Gasteiger partial charge in [-0.1, -0.05) is 41.4 Å². The SMILES string of the molecule is CC(=O)c1cccc(Nc2cnnc(Nc3c(Cl)cccc3Cl)n2)c1. The zero-order chi connectivity index (χ0) is 17.8. The maximum absolute atomic E-state index is 11.5. The number of Topliss-reactive ketones (excluding diaryl/α,β-unsaturated/α-hetero) is 1. The number of para-hydroxylation sites is 1. The molecule has 0 aliphatic rings. The van der Waals surface area contributed by atoms with Gasteiger partial charge in [-0.05, 0) is 31.2 Å². The van der Waals surface area contributed by atoms with Crippen LogP contribution < -0.4 is 10.6 Å². The molecule has 0 atom stereocenters. The van der Waals surface area contributed by atoms with Gasteiger partial charge >= 0.3 is 0 Å². The summed E-state index contributed by atoms with van der Waals surface area (Å²) in [5.74, 6) is 0.685. The van der Waals surface area contributed by atoms with Crippen molar-refractivity contribution in [3.05, 3.63) is 64.3 Å². The van der Waals surface area contributed by atoms with Crippen molar-refractivity contribution in [3.63, 3.8) is 0 Å². The number of aromatic nitrogens is 3. The highest BCUT2D eigenvalue weighted by Gasteiger charge is 2.09. The average Bonchev–Trinajstić information content (AvgIpc) is 2.59. The van der Waals surface area contributed by atoms with Gasteiger partial charge in [-0.15, -0.1) is 5.10 Å². The zero-order valence-corrected chi connectivity index (χ0v) is 14.6. The van der Waals surface area contributed by atoms with Crippen LogP contribution >= 0.6 is 23.2 Å². The van der Waals surface area contributed by atoms with Crippen molar-refractivity contribution in [2.24, 2.45) is 0 Å². The Morgan fingerprint density at radius 1 is 1.04 bits per heavy atom. The number of carbonyl (C=O) groups is 1. The van der Waals surface area contributed by atoms with Crippen LogP contribution in [0.4, 0.5) is 23.1 Å². The zero-order valence-electron chi connectivity index (χ0n) is 13.1. The maximum Gasteiger partial charge on any atom is 0.249 e. The van der Waals surface area contributed by atoms with Crippen LogP contribution in [0.1, 0.15) is 17.3 Å². The second-order valence-electron chi connectivity index (χ2n) is 5.15. The summed E-state index contributed by atoms with van der Waals surface area (Å²) < 4.78 is 0. The van der Waals surface area contributed by atoms with E-state index in [1.807, 2.05) is 6.07 Å². The lowest BCUT2D eigenvalue weighted by molar-refractivity contribution is 0.101. The first-order valence-electron chi connectivity index (χ1n) is 7.32. The highest BCUT2D eigenvalue weighted by molar-refractivity contribution is 6.39. The van der Waals surface area contributed by atoms with Crippen LogP contribution in [-0.2, 0) is 0 Å². The third-order valence-corrected chi connectivity index (χ3v) is 3.93. The second kappa shape index (κ2) is 7.46. The van der Waals surface area contributed by atoms with E-state index in [-0.39, 0.29) is 11.7 Å². The molecule has 8 heteroatoms. The number of ketones is 1. The average molecular weight is 374 g/mol. The molecule has 0 aliphatic carbocycles. The van der Waals surface area contributed by atoms with Gasteiger partial charge in [-0.3, -0.25) is 4.79 Å². The molecule has 0 saturated carbocycles. The molecule has 1 aromatic heterocycles. The van der Waals surface area contributed by atoms with Gasteiger partial charge in [-0.2, -0.15) is 10.1 Å². The number of halogens is 2. The molecule has 1 heterocycles. The van der Waals surface area contributed by atoms with E-state index in [1.54, 1.807) is 36.4 Å². The van der Waals surface area contributed by atoms with Crippen molar-refractivity contribution in [3.8, 4) is 0 Å². The van der Waals surface area contributed by atoms with Gasteiger partial charge < -0.3 is 10.6 Å². The van der Waals surface area contributed by atoms with E-state index < -0.39 is 0 Å². The van der Waals surface area contributed by atoms with Crippen LogP contribution in [-0.4, -0.2) is 21.0 Å². The fourth-order valence-corrected chi connectivity index (χ4v) is 2.60. The lowest BCUT2D eigenvalue weighted by Gasteiger charge is -2.10. The van der Waals surface area contributed by atoms with E-state index in [0.717, 1.165) is 5.69 Å². The van der Waals surface area contributed by atoms with Crippen LogP contribution in [0.3, 0.4) is 0 Å². The van der Waals surface area contributed by atoms with E-state index in [4.69, 9.17) is 23.2 Å². The Kier molecular flexibility index (Phi) is 5.11. The quantitative estimate of drug-likeness (QED) is 0.621. The molecule has 0 saturated heterocycles. The van der Waals surface area contributed by atoms with Crippen molar-refractivity contribution < 1.29 is 4.79 Å². The smallest absolute Gasteiger partial charge is 0.249 e. The number of hydrogen-bond donors (Lipinski definition) is 2. The monoisotopic (exact) mass is 373 g/mol. The minimum Gasteiger partial charge on any atom is -0.339 e. The molecule has 0 spiro atoms. The van der Waals surface area contributed by atoms with Gasteiger partial charge in [0.05, 0.1) is 21.9 Å². The van der Waals surface area contributed by atoms with E-state index in [9.17, 15) is 4.79 Å². The molecule has 6 nitrogen and oxygen atoms in total. The van der Waals surface area contributed by atoms with Crippen molar-refractivity contribution >= 4 is 52.1 Å². The molecule has 3 aromatic rings. The molecule has 0 unspecified atom stereocenters. The van der Waals surface area contributed by atoms with Crippen LogP contribution in [0.5, 0.6) is 0 Å². The molecule has 0 amide bonds. The third kappa shape index (κ3) is 4.23. The van der Waals surface area contributed by atoms with Crippen LogP contribution in [0.15, 0.2) is 48.7 Å². The molecule has 25 heavy (non-hydrogen) atoms. The Morgan fingerprint density at radius 3 is 2.48 bits per heavy atom. The normalized spacial score (nSPS) is 10.4. The number of carbonyl (C=O) groups excluding carboxylic acids is 1. The molecule has 0 aliphatic heterocycles. The minimum absolute atomic E-state index is 0.0137. The highest BCUT2D eigenvalue weighted by atomic mass is 35.5. The van der Waals surface area contributed by atoms with Gasteiger partial charge in [-0.25, -0.2) is 0 Å². The number of rotatable bonds is 5. The summed E-state index contributed by atoms with van der Waals surface area (Å²) in [6, 6.07) is 12.3. The summed E-state index contributed by atoms with van der Waals surface area (Å²) in [6.45, 7) is 1.51. The number of nitrogens with zero attached hydrogens (tertiary/aromatic N) is 3. The standard InChI is InChI=1S/C17H13Cl2N5O/c1-10(25)11-4-2-5-12(8-11)21-15-9-20-24-17(22-15)23-16-13(18)6-3-7-14(16)19/h2-9H,1H3,(H2,21,22,23,24). The minimum atomic E-state index is -0.0137. The Hall–Kier alpha value is -2.70. The molecular formula is C17H13Cl2N5O. The second-order valence-corrected chi connectivity index (χ2v) is 5.96. The molecule has 0 bridgehead atoms. The summed E-state index contributed by atoms with van der Waals surface area (Å²) in [5, 5.41) is 14.8. The first kappa shape index (κ1) is 17.1. The number of benzene rings is 2. The first-order valence-corrected chi connectivity index (χ1v) is 8.07. The summed E-state index contributed by atoms with van der Waals surface area (Å²) in [5.41, 5.74) is 1.83. The van der Waals surface area contributed by atoms with E-state index in [0.29, 0.717) is 27.1 Å². The molecule has 126 valence electrons. The topological polar surface area (TPSA) is 79.8 Å². The third-order valence-electron chi connectivity index (χ3n) is 3.30. The van der Waals surface area contributed by atoms with Crippen LogP contribution in [0, 0.1) is 0 Å². The van der Waals surface area contributed by atoms with E-state index >= 15 is 0 Å². The molecule has 0 fully saturated rings. The Morgan fingerprint density at radius 2 is 1.76 bits per heavy atom. The maximum atomic E-state index is 11.5. The lowest BCUT2D eigenvalue weighted by Crippen LogP contribution is -2.03. The fourth-order valence-electron chi connectivity index (χ4n) is 2.11. The largest absolute Gasteiger partial charge is 0.339 e. The number of anilines is 4. The molecular weight excluding hydrogens is 361 g/mol. The summed E-state index contributed by atoms with van der Waals surface area (Å²) in [7, 11) is 0. The Balaban J connectivity index is 1.82. The van der Waals surface area contributed by atoms with Crippen molar-refractivity contribution in [2.75, 3.05) is 10.6 Å². The predicted molar refractivity (Wildman–Crippen MR) is 99.3 cm³/mol. The summed E-state index contributed by atoms with van der Waals surface area (Å²) in [4.78, 5) is 15.8. The molecule has 0 radical (unpaired) electrons. The lowest BCUT2D eigenvalue weighted by atomic mass is 10.1. The van der Waals surface area contributed by atoms with Gasteiger partial charge in [0.2, 0.25) is 5.95 Å². The molecule has 3 rings (SSSR count). The Bertz CT molecular complexity index is 912. The van der Waals surface area contributed by atoms with Gasteiger partial charge in [0.1, 0.15) is 0 Å². The van der Waals surface area contributed by atoms with Gasteiger partial charge in [0.25, 0.3) is 0 Å². The molecule has 2 N–H and O–H groups in total. The van der Waals surface area contributed by atoms with Gasteiger partial charge in [0, 0.05) is 11.3 Å². The van der Waals surface area contributed by atoms with Crippen molar-refractivity contribution in [1.29, 1.82) is 0 Å². The summed E-state index contributed by atoms with van der Waals surface area (Å²) in [6.07, 6.45) is 1.47. The van der Waals surface area contributed by atoms with Crippen LogP contribution in [0.25, 0.3) is 0 Å². The van der Waals surface area contributed by atoms with E-state index in [2.05, 4.69) is 25.8 Å². The first-order chi connectivity index (χ1) is 12.0. The number of nitrogens with one attached hydrogen (secondary N) is 2. The van der Waals surface area contributed by atoms with Crippen molar-refractivity contribution in [2.45, 2.75) is 6.92 Å². The predicted octanol–water partition coefficient (Wildman–Crippen LogP) is 4.87. The van der Waals surface area contributed by atoms with Crippen LogP contribution in [0.2, 0.25) is 10.0 Å². The van der Waals surface area contributed by atoms with Gasteiger partial charge in [0.15, 0.2) is 11.6 Å². The summed E-state index contributed by atoms with van der Waals surface area (Å²) >= 11 is 12.3. The molecule has 2 aromatic carbocycles. The highest BCUT2D eigenvalue weighted by Crippen LogP contribution is 2.31. The number of hydrogen-bond acceptors (Lipinski definition) is 6.